The third-order valence-electron chi connectivity index (χ3n) is 1.97. The summed E-state index contributed by atoms with van der Waals surface area (Å²) in [6.45, 7) is 0. The summed E-state index contributed by atoms with van der Waals surface area (Å²) in [6, 6.07) is 1.90. The van der Waals surface area contributed by atoms with E-state index in [4.69, 9.17) is 5.73 Å². The molecule has 0 spiro atoms. The molecule has 0 saturated heterocycles. The van der Waals surface area contributed by atoms with Crippen LogP contribution in [0.15, 0.2) is 24.0 Å². The van der Waals surface area contributed by atoms with Gasteiger partial charge >= 0.3 is 0 Å². The van der Waals surface area contributed by atoms with Crippen LogP contribution in [0.25, 0.3) is 6.08 Å². The lowest BCUT2D eigenvalue weighted by atomic mass is 10.1. The molecule has 1 aliphatic carbocycles. The third kappa shape index (κ3) is 0.993. The van der Waals surface area contributed by atoms with E-state index in [1.54, 1.807) is 18.5 Å². The number of nitrogens with two attached hydrogens (primary N) is 1. The molecule has 1 heterocycles. The van der Waals surface area contributed by atoms with Gasteiger partial charge in [0, 0.05) is 24.4 Å². The van der Waals surface area contributed by atoms with Crippen LogP contribution in [0, 0.1) is 0 Å². The van der Waals surface area contributed by atoms with Crippen LogP contribution in [0.5, 0.6) is 0 Å². The fourth-order valence-corrected chi connectivity index (χ4v) is 1.33. The number of nitrogens with zero attached hydrogens (tertiary/aromatic N) is 1. The zero-order chi connectivity index (χ0) is 8.55. The number of pyridine rings is 1. The molecule has 0 aromatic carbocycles. The van der Waals surface area contributed by atoms with Gasteiger partial charge in [0.05, 0.1) is 0 Å². The van der Waals surface area contributed by atoms with Crippen LogP contribution in [-0.2, 0) is 11.2 Å². The van der Waals surface area contributed by atoms with E-state index in [2.05, 4.69) is 4.98 Å². The van der Waals surface area contributed by atoms with E-state index in [0.717, 1.165) is 11.1 Å². The zero-order valence-electron chi connectivity index (χ0n) is 6.45. The van der Waals surface area contributed by atoms with Crippen molar-refractivity contribution in [2.75, 3.05) is 0 Å². The Bertz CT molecular complexity index is 369. The number of primary amides is 1. The molecule has 12 heavy (non-hydrogen) atoms. The number of amides is 1. The molecule has 2 N–H and O–H groups in total. The Morgan fingerprint density at radius 3 is 3.08 bits per heavy atom. The molecule has 1 amide bonds. The van der Waals surface area contributed by atoms with E-state index in [1.807, 2.05) is 6.07 Å². The highest BCUT2D eigenvalue weighted by Crippen LogP contribution is 2.22. The Morgan fingerprint density at radius 2 is 2.42 bits per heavy atom. The maximum atomic E-state index is 10.8. The summed E-state index contributed by atoms with van der Waals surface area (Å²) in [4.78, 5) is 14.8. The summed E-state index contributed by atoms with van der Waals surface area (Å²) < 4.78 is 0. The Kier molecular flexibility index (Phi) is 1.43. The van der Waals surface area contributed by atoms with Gasteiger partial charge in [0.2, 0.25) is 5.91 Å². The third-order valence-corrected chi connectivity index (χ3v) is 1.97. The first kappa shape index (κ1) is 7.03. The summed E-state index contributed by atoms with van der Waals surface area (Å²) in [5.41, 5.74) is 7.94. The number of carbonyl (C=O) groups is 1. The van der Waals surface area contributed by atoms with Crippen molar-refractivity contribution < 1.29 is 4.79 Å². The molecule has 0 fully saturated rings. The van der Waals surface area contributed by atoms with Crippen LogP contribution in [0.2, 0.25) is 0 Å². The fourth-order valence-electron chi connectivity index (χ4n) is 1.33. The van der Waals surface area contributed by atoms with Gasteiger partial charge in [-0.25, -0.2) is 0 Å². The number of carbonyl (C=O) groups excluding carboxylic acids is 1. The molecular formula is C9H8N2O. The quantitative estimate of drug-likeness (QED) is 0.650. The van der Waals surface area contributed by atoms with E-state index in [9.17, 15) is 4.79 Å². The SMILES string of the molecule is NC(=O)C1=Cc2cnccc2C1. The number of hydrogen-bond donors (Lipinski definition) is 1. The first-order chi connectivity index (χ1) is 5.77. The second-order valence-electron chi connectivity index (χ2n) is 2.79. The maximum Gasteiger partial charge on any atom is 0.244 e. The van der Waals surface area contributed by atoms with Crippen molar-refractivity contribution in [1.82, 2.24) is 4.98 Å². The number of aromatic nitrogens is 1. The summed E-state index contributed by atoms with van der Waals surface area (Å²) in [7, 11) is 0. The Balaban J connectivity index is 2.41. The molecule has 0 aliphatic heterocycles. The van der Waals surface area contributed by atoms with Crippen LogP contribution in [0.3, 0.4) is 0 Å². The minimum Gasteiger partial charge on any atom is -0.366 e. The molecule has 0 radical (unpaired) electrons. The first-order valence-electron chi connectivity index (χ1n) is 3.70. The van der Waals surface area contributed by atoms with Crippen molar-refractivity contribution in [1.29, 1.82) is 0 Å². The van der Waals surface area contributed by atoms with Crippen LogP contribution in [-0.4, -0.2) is 10.9 Å². The molecule has 3 heteroatoms. The lowest BCUT2D eigenvalue weighted by Crippen LogP contribution is -2.13. The molecule has 1 aromatic rings. The van der Waals surface area contributed by atoms with Crippen LogP contribution in [0.4, 0.5) is 0 Å². The summed E-state index contributed by atoms with van der Waals surface area (Å²) in [5, 5.41) is 0. The Hall–Kier alpha value is -1.64. The van der Waals surface area contributed by atoms with Gasteiger partial charge in [0.1, 0.15) is 0 Å². The van der Waals surface area contributed by atoms with Gasteiger partial charge in [-0.15, -0.1) is 0 Å². The monoisotopic (exact) mass is 160 g/mol. The highest BCUT2D eigenvalue weighted by Gasteiger charge is 2.15. The predicted molar refractivity (Wildman–Crippen MR) is 45.1 cm³/mol. The molecule has 2 rings (SSSR count). The van der Waals surface area contributed by atoms with Gasteiger partial charge in [-0.3, -0.25) is 9.78 Å². The van der Waals surface area contributed by atoms with Crippen molar-refractivity contribution in [3.05, 3.63) is 35.2 Å². The van der Waals surface area contributed by atoms with Crippen molar-refractivity contribution in [2.24, 2.45) is 5.73 Å². The maximum absolute atomic E-state index is 10.8. The van der Waals surface area contributed by atoms with Gasteiger partial charge < -0.3 is 5.73 Å². The second kappa shape index (κ2) is 2.44. The zero-order valence-corrected chi connectivity index (χ0v) is 6.45. The summed E-state index contributed by atoms with van der Waals surface area (Å²) in [6.07, 6.45) is 5.90. The van der Waals surface area contributed by atoms with Gasteiger partial charge in [-0.2, -0.15) is 0 Å². The van der Waals surface area contributed by atoms with Gasteiger partial charge in [-0.1, -0.05) is 0 Å². The van der Waals surface area contributed by atoms with E-state index < -0.39 is 0 Å². The number of rotatable bonds is 1. The molecular weight excluding hydrogens is 152 g/mol. The lowest BCUT2D eigenvalue weighted by molar-refractivity contribution is -0.114. The highest BCUT2D eigenvalue weighted by atomic mass is 16.1. The molecule has 3 nitrogen and oxygen atoms in total. The van der Waals surface area contributed by atoms with Crippen molar-refractivity contribution in [3.8, 4) is 0 Å². The second-order valence-corrected chi connectivity index (χ2v) is 2.79. The minimum absolute atomic E-state index is 0.341. The Morgan fingerprint density at radius 1 is 1.58 bits per heavy atom. The standard InChI is InChI=1S/C9H8N2O/c10-9(12)7-3-6-1-2-11-5-8(6)4-7/h1-2,4-5H,3H2,(H2,10,12). The average molecular weight is 160 g/mol. The average Bonchev–Trinajstić information content (AvgIpc) is 2.46. The van der Waals surface area contributed by atoms with Gasteiger partial charge in [0.15, 0.2) is 0 Å². The predicted octanol–water partition coefficient (Wildman–Crippen LogP) is 0.506. The van der Waals surface area contributed by atoms with E-state index in [1.165, 1.54) is 0 Å². The van der Waals surface area contributed by atoms with Crippen molar-refractivity contribution >= 4 is 12.0 Å². The van der Waals surface area contributed by atoms with Crippen LogP contribution < -0.4 is 5.73 Å². The molecule has 0 bridgehead atoms. The first-order valence-corrected chi connectivity index (χ1v) is 3.70. The molecule has 1 aliphatic rings. The Labute approximate surface area is 69.9 Å². The van der Waals surface area contributed by atoms with Crippen molar-refractivity contribution in [2.45, 2.75) is 6.42 Å². The normalized spacial score (nSPS) is 13.8. The summed E-state index contributed by atoms with van der Waals surface area (Å²) >= 11 is 0. The smallest absolute Gasteiger partial charge is 0.244 e. The molecule has 0 saturated carbocycles. The van der Waals surface area contributed by atoms with Gasteiger partial charge in [0.25, 0.3) is 0 Å². The molecule has 60 valence electrons. The van der Waals surface area contributed by atoms with E-state index >= 15 is 0 Å². The molecule has 1 aromatic heterocycles. The highest BCUT2D eigenvalue weighted by molar-refractivity contribution is 5.99. The van der Waals surface area contributed by atoms with Crippen LogP contribution in [0.1, 0.15) is 11.1 Å². The van der Waals surface area contributed by atoms with Gasteiger partial charge in [-0.05, 0) is 23.3 Å². The number of fused-ring (bicyclic) bond motifs is 1. The fraction of sp³-hybridized carbons (Fsp3) is 0.111. The number of hydrogen-bond acceptors (Lipinski definition) is 2. The molecule has 0 atom stereocenters. The lowest BCUT2D eigenvalue weighted by Gasteiger charge is -1.94. The van der Waals surface area contributed by atoms with Crippen LogP contribution >= 0.6 is 0 Å². The summed E-state index contributed by atoms with van der Waals surface area (Å²) in [5.74, 6) is -0.341. The molecule has 0 unspecified atom stereocenters. The topological polar surface area (TPSA) is 56.0 Å². The van der Waals surface area contributed by atoms with E-state index in [-0.39, 0.29) is 5.91 Å². The van der Waals surface area contributed by atoms with E-state index in [0.29, 0.717) is 12.0 Å². The van der Waals surface area contributed by atoms with Crippen molar-refractivity contribution in [3.63, 3.8) is 0 Å². The minimum atomic E-state index is -0.341. The largest absolute Gasteiger partial charge is 0.366 e.